The van der Waals surface area contributed by atoms with Crippen molar-refractivity contribution in [2.75, 3.05) is 12.8 Å². The Labute approximate surface area is 126 Å². The highest BCUT2D eigenvalue weighted by Crippen LogP contribution is 2.22. The predicted octanol–water partition coefficient (Wildman–Crippen LogP) is 4.91. The molecule has 106 valence electrons. The van der Waals surface area contributed by atoms with Gasteiger partial charge in [-0.3, -0.25) is 0 Å². The van der Waals surface area contributed by atoms with Crippen molar-refractivity contribution >= 4 is 11.8 Å². The summed E-state index contributed by atoms with van der Waals surface area (Å²) < 4.78 is 0. The molecular formula is C18H23NS. The number of thioether (sulfide) groups is 1. The molecule has 1 unspecified atom stereocenters. The zero-order valence-corrected chi connectivity index (χ0v) is 12.9. The molecule has 2 aromatic rings. The van der Waals surface area contributed by atoms with E-state index in [0.29, 0.717) is 6.04 Å². The van der Waals surface area contributed by atoms with E-state index in [-0.39, 0.29) is 0 Å². The lowest BCUT2D eigenvalue weighted by Crippen LogP contribution is -2.16. The van der Waals surface area contributed by atoms with E-state index in [9.17, 15) is 0 Å². The fourth-order valence-corrected chi connectivity index (χ4v) is 3.25. The Balaban J connectivity index is 1.67. The zero-order chi connectivity index (χ0) is 14.0. The molecule has 0 bridgehead atoms. The average molecular weight is 285 g/mol. The number of benzene rings is 2. The smallest absolute Gasteiger partial charge is 0.0317 e. The van der Waals surface area contributed by atoms with Gasteiger partial charge in [-0.25, -0.2) is 0 Å². The van der Waals surface area contributed by atoms with Crippen LogP contribution in [0.15, 0.2) is 65.6 Å². The summed E-state index contributed by atoms with van der Waals surface area (Å²) in [7, 11) is 2.05. The summed E-state index contributed by atoms with van der Waals surface area (Å²) in [6, 6.07) is 21.9. The maximum absolute atomic E-state index is 3.42. The van der Waals surface area contributed by atoms with Gasteiger partial charge in [-0.15, -0.1) is 11.8 Å². The van der Waals surface area contributed by atoms with Gasteiger partial charge >= 0.3 is 0 Å². The number of unbranched alkanes of at least 4 members (excludes halogenated alkanes) is 1. The van der Waals surface area contributed by atoms with Crippen LogP contribution in [0.2, 0.25) is 0 Å². The quantitative estimate of drug-likeness (QED) is 0.546. The van der Waals surface area contributed by atoms with Crippen LogP contribution < -0.4 is 5.32 Å². The van der Waals surface area contributed by atoms with Gasteiger partial charge in [-0.05, 0) is 43.3 Å². The second kappa shape index (κ2) is 8.83. The van der Waals surface area contributed by atoms with Gasteiger partial charge in [0.05, 0.1) is 0 Å². The van der Waals surface area contributed by atoms with E-state index < -0.39 is 0 Å². The number of nitrogens with one attached hydrogen (secondary N) is 1. The van der Waals surface area contributed by atoms with E-state index in [1.807, 2.05) is 11.8 Å². The molecule has 0 spiro atoms. The molecule has 0 amide bonds. The van der Waals surface area contributed by atoms with Crippen LogP contribution in [0.4, 0.5) is 0 Å². The predicted molar refractivity (Wildman–Crippen MR) is 89.3 cm³/mol. The van der Waals surface area contributed by atoms with E-state index in [1.54, 1.807) is 0 Å². The minimum atomic E-state index is 0.484. The summed E-state index contributed by atoms with van der Waals surface area (Å²) in [5.41, 5.74) is 1.39. The van der Waals surface area contributed by atoms with E-state index in [1.165, 1.54) is 35.5 Å². The van der Waals surface area contributed by atoms with Crippen molar-refractivity contribution < 1.29 is 0 Å². The van der Waals surface area contributed by atoms with E-state index in [2.05, 4.69) is 73.0 Å². The maximum atomic E-state index is 3.42. The topological polar surface area (TPSA) is 12.0 Å². The van der Waals surface area contributed by atoms with Crippen LogP contribution in [0.25, 0.3) is 0 Å². The van der Waals surface area contributed by atoms with Gasteiger partial charge in [0.15, 0.2) is 0 Å². The highest BCUT2D eigenvalue weighted by Gasteiger charge is 2.07. The molecule has 0 fully saturated rings. The molecule has 0 saturated carbocycles. The molecule has 2 aromatic carbocycles. The van der Waals surface area contributed by atoms with Gasteiger partial charge < -0.3 is 5.32 Å². The van der Waals surface area contributed by atoms with Crippen LogP contribution in [-0.2, 0) is 0 Å². The molecule has 20 heavy (non-hydrogen) atoms. The maximum Gasteiger partial charge on any atom is 0.0317 e. The normalized spacial score (nSPS) is 12.2. The molecule has 0 aliphatic carbocycles. The van der Waals surface area contributed by atoms with Crippen LogP contribution in [0, 0.1) is 0 Å². The van der Waals surface area contributed by atoms with Crippen LogP contribution in [-0.4, -0.2) is 12.8 Å². The molecule has 1 nitrogen and oxygen atoms in total. The fraction of sp³-hybridized carbons (Fsp3) is 0.333. The Hall–Kier alpha value is -1.25. The van der Waals surface area contributed by atoms with Gasteiger partial charge in [0, 0.05) is 10.9 Å². The van der Waals surface area contributed by atoms with Gasteiger partial charge in [0.1, 0.15) is 0 Å². The summed E-state index contributed by atoms with van der Waals surface area (Å²) in [5, 5.41) is 3.42. The Kier molecular flexibility index (Phi) is 6.69. The Morgan fingerprint density at radius 3 is 2.20 bits per heavy atom. The van der Waals surface area contributed by atoms with Gasteiger partial charge in [0.2, 0.25) is 0 Å². The molecule has 2 rings (SSSR count). The molecule has 0 radical (unpaired) electrons. The number of hydrogen-bond donors (Lipinski definition) is 1. The SMILES string of the molecule is CNC(CCCCSc1ccccc1)c1ccccc1. The van der Waals surface area contributed by atoms with Gasteiger partial charge in [-0.1, -0.05) is 55.0 Å². The van der Waals surface area contributed by atoms with Crippen molar-refractivity contribution in [1.82, 2.24) is 5.32 Å². The highest BCUT2D eigenvalue weighted by atomic mass is 32.2. The number of hydrogen-bond acceptors (Lipinski definition) is 2. The third kappa shape index (κ3) is 5.03. The molecule has 0 aromatic heterocycles. The lowest BCUT2D eigenvalue weighted by Gasteiger charge is -2.16. The minimum absolute atomic E-state index is 0.484. The molecule has 2 heteroatoms. The van der Waals surface area contributed by atoms with E-state index >= 15 is 0 Å². The molecule has 1 N–H and O–H groups in total. The Morgan fingerprint density at radius 1 is 0.900 bits per heavy atom. The first kappa shape index (κ1) is 15.1. The van der Waals surface area contributed by atoms with Crippen LogP contribution >= 0.6 is 11.8 Å². The van der Waals surface area contributed by atoms with Crippen LogP contribution in [0.1, 0.15) is 30.9 Å². The molecule has 0 heterocycles. The Bertz CT molecular complexity index is 469. The first-order valence-corrected chi connectivity index (χ1v) is 8.29. The van der Waals surface area contributed by atoms with Crippen molar-refractivity contribution in [3.63, 3.8) is 0 Å². The molecule has 0 saturated heterocycles. The molecule has 0 aliphatic heterocycles. The van der Waals surface area contributed by atoms with Gasteiger partial charge in [-0.2, -0.15) is 0 Å². The van der Waals surface area contributed by atoms with Crippen molar-refractivity contribution in [2.24, 2.45) is 0 Å². The number of rotatable bonds is 8. The van der Waals surface area contributed by atoms with Gasteiger partial charge in [0.25, 0.3) is 0 Å². The van der Waals surface area contributed by atoms with Crippen molar-refractivity contribution in [3.05, 3.63) is 66.2 Å². The molecule has 0 aliphatic rings. The standard InChI is InChI=1S/C18H23NS/c1-19-18(16-10-4-2-5-11-16)14-8-9-15-20-17-12-6-3-7-13-17/h2-7,10-13,18-19H,8-9,14-15H2,1H3. The first-order valence-electron chi connectivity index (χ1n) is 7.30. The van der Waals surface area contributed by atoms with Crippen LogP contribution in [0.3, 0.4) is 0 Å². The van der Waals surface area contributed by atoms with Crippen molar-refractivity contribution in [2.45, 2.75) is 30.2 Å². The monoisotopic (exact) mass is 285 g/mol. The van der Waals surface area contributed by atoms with Crippen LogP contribution in [0.5, 0.6) is 0 Å². The van der Waals surface area contributed by atoms with E-state index in [0.717, 1.165) is 0 Å². The summed E-state index contributed by atoms with van der Waals surface area (Å²) >= 11 is 1.96. The average Bonchev–Trinajstić information content (AvgIpc) is 2.53. The molecular weight excluding hydrogens is 262 g/mol. The fourth-order valence-electron chi connectivity index (χ4n) is 2.32. The summed E-state index contributed by atoms with van der Waals surface area (Å²) in [5.74, 6) is 1.20. The second-order valence-electron chi connectivity index (χ2n) is 4.91. The third-order valence-corrected chi connectivity index (χ3v) is 4.55. The first-order chi connectivity index (χ1) is 9.90. The largest absolute Gasteiger partial charge is 0.313 e. The zero-order valence-electron chi connectivity index (χ0n) is 12.1. The van der Waals surface area contributed by atoms with Crippen molar-refractivity contribution in [3.8, 4) is 0 Å². The highest BCUT2D eigenvalue weighted by molar-refractivity contribution is 7.99. The molecule has 1 atom stereocenters. The van der Waals surface area contributed by atoms with Crippen molar-refractivity contribution in [1.29, 1.82) is 0 Å². The lowest BCUT2D eigenvalue weighted by atomic mass is 10.0. The third-order valence-electron chi connectivity index (χ3n) is 3.45. The lowest BCUT2D eigenvalue weighted by molar-refractivity contribution is 0.524. The summed E-state index contributed by atoms with van der Waals surface area (Å²) in [4.78, 5) is 1.38. The van der Waals surface area contributed by atoms with E-state index in [4.69, 9.17) is 0 Å². The summed E-state index contributed by atoms with van der Waals surface area (Å²) in [6.45, 7) is 0. The summed E-state index contributed by atoms with van der Waals surface area (Å²) in [6.07, 6.45) is 3.74. The minimum Gasteiger partial charge on any atom is -0.313 e. The Morgan fingerprint density at radius 2 is 1.55 bits per heavy atom. The second-order valence-corrected chi connectivity index (χ2v) is 6.08.